The minimum Gasteiger partial charge on any atom is -0.228 e. The number of benzene rings is 6. The second-order valence-corrected chi connectivity index (χ2v) is 11.9. The van der Waals surface area contributed by atoms with Crippen LogP contribution in [0.25, 0.3) is 79.2 Å². The van der Waals surface area contributed by atoms with Crippen LogP contribution < -0.4 is 0 Å². The Balaban J connectivity index is 1.23. The van der Waals surface area contributed by atoms with Crippen LogP contribution in [0.15, 0.2) is 170 Å². The summed E-state index contributed by atoms with van der Waals surface area (Å²) >= 11 is 7.09. The highest BCUT2D eigenvalue weighted by molar-refractivity contribution is 6.33. The van der Waals surface area contributed by atoms with Gasteiger partial charge in [0.25, 0.3) is 0 Å². The highest BCUT2D eigenvalue weighted by atomic mass is 35.5. The summed E-state index contributed by atoms with van der Waals surface area (Å²) in [5, 5.41) is 0.528. The molecule has 0 amide bonds. The van der Waals surface area contributed by atoms with Gasteiger partial charge in [0.2, 0.25) is 0 Å². The number of nitrogens with zero attached hydrogens (tertiary/aromatic N) is 5. The lowest BCUT2D eigenvalue weighted by Gasteiger charge is -2.14. The topological polar surface area (TPSA) is 64.5 Å². The van der Waals surface area contributed by atoms with Crippen LogP contribution in [-0.4, -0.2) is 24.9 Å². The fraction of sp³-hybridized carbons (Fsp3) is 0. The van der Waals surface area contributed by atoms with Crippen LogP contribution in [0.2, 0.25) is 5.02 Å². The highest BCUT2D eigenvalue weighted by Gasteiger charge is 2.18. The van der Waals surface area contributed by atoms with Gasteiger partial charge in [-0.05, 0) is 29.3 Å². The number of hydrogen-bond donors (Lipinski definition) is 0. The van der Waals surface area contributed by atoms with Crippen molar-refractivity contribution in [3.05, 3.63) is 175 Å². The highest BCUT2D eigenvalue weighted by Crippen LogP contribution is 2.37. The summed E-state index contributed by atoms with van der Waals surface area (Å²) < 4.78 is 0. The monoisotopic (exact) mass is 649 g/mol. The summed E-state index contributed by atoms with van der Waals surface area (Å²) in [4.78, 5) is 24.7. The van der Waals surface area contributed by atoms with E-state index in [4.69, 9.17) is 36.5 Å². The largest absolute Gasteiger partial charge is 0.228 e. The number of rotatable bonds is 7. The van der Waals surface area contributed by atoms with Crippen molar-refractivity contribution in [2.24, 2.45) is 0 Å². The van der Waals surface area contributed by atoms with Gasteiger partial charge in [0, 0.05) is 33.4 Å². The van der Waals surface area contributed by atoms with Gasteiger partial charge in [-0.25, -0.2) is 24.9 Å². The molecule has 0 atom stereocenters. The lowest BCUT2D eigenvalue weighted by molar-refractivity contribution is 1.07. The van der Waals surface area contributed by atoms with E-state index in [1.807, 2.05) is 133 Å². The van der Waals surface area contributed by atoms with Gasteiger partial charge in [0.15, 0.2) is 23.3 Å². The number of halogens is 1. The third-order valence-corrected chi connectivity index (χ3v) is 8.57. The van der Waals surface area contributed by atoms with Crippen molar-refractivity contribution in [1.29, 1.82) is 0 Å². The first-order valence-corrected chi connectivity index (χ1v) is 16.3. The van der Waals surface area contributed by atoms with Crippen LogP contribution in [0.4, 0.5) is 0 Å². The Kier molecular flexibility index (Phi) is 8.24. The molecule has 2 aromatic heterocycles. The average molecular weight is 650 g/mol. The zero-order valence-corrected chi connectivity index (χ0v) is 27.0. The molecule has 0 saturated carbocycles. The molecule has 0 radical (unpaired) electrons. The molecule has 0 aliphatic carbocycles. The fourth-order valence-electron chi connectivity index (χ4n) is 5.80. The van der Waals surface area contributed by atoms with Crippen LogP contribution in [-0.2, 0) is 0 Å². The molecule has 0 fully saturated rings. The Morgan fingerprint density at radius 3 is 1.18 bits per heavy atom. The smallest absolute Gasteiger partial charge is 0.165 e. The maximum atomic E-state index is 7.09. The van der Waals surface area contributed by atoms with Crippen molar-refractivity contribution in [2.45, 2.75) is 0 Å². The average Bonchev–Trinajstić information content (AvgIpc) is 3.19. The lowest BCUT2D eigenvalue weighted by atomic mass is 9.97. The van der Waals surface area contributed by atoms with Gasteiger partial charge in [-0.1, -0.05) is 163 Å². The Morgan fingerprint density at radius 1 is 0.286 bits per heavy atom. The maximum Gasteiger partial charge on any atom is 0.165 e. The van der Waals surface area contributed by atoms with E-state index < -0.39 is 0 Å². The predicted octanol–water partition coefficient (Wildman–Crippen LogP) is 11.0. The SMILES string of the molecule is Clc1cc(-c2ccccc2-c2nc(-c3ccccc3)cc(-c3ccccc3)n2)ccc1-c1nc(-c2ccccc2)nc(-c2ccccc2)n1. The number of hydrogen-bond acceptors (Lipinski definition) is 5. The minimum atomic E-state index is 0.504. The molecule has 232 valence electrons. The summed E-state index contributed by atoms with van der Waals surface area (Å²) in [6.45, 7) is 0. The fourth-order valence-corrected chi connectivity index (χ4v) is 6.07. The van der Waals surface area contributed by atoms with Crippen molar-refractivity contribution in [3.63, 3.8) is 0 Å². The quantitative estimate of drug-likeness (QED) is 0.172. The molecule has 0 bridgehead atoms. The lowest BCUT2D eigenvalue weighted by Crippen LogP contribution is -2.00. The second-order valence-electron chi connectivity index (χ2n) is 11.5. The Labute approximate surface area is 289 Å². The predicted molar refractivity (Wildman–Crippen MR) is 198 cm³/mol. The van der Waals surface area contributed by atoms with Gasteiger partial charge < -0.3 is 0 Å². The van der Waals surface area contributed by atoms with Gasteiger partial charge in [-0.3, -0.25) is 0 Å². The minimum absolute atomic E-state index is 0.504. The van der Waals surface area contributed by atoms with Gasteiger partial charge in [-0.2, -0.15) is 0 Å². The van der Waals surface area contributed by atoms with E-state index in [1.54, 1.807) is 0 Å². The van der Waals surface area contributed by atoms with E-state index in [2.05, 4.69) is 36.4 Å². The van der Waals surface area contributed by atoms with Crippen molar-refractivity contribution in [3.8, 4) is 79.2 Å². The Morgan fingerprint density at radius 2 is 0.694 bits per heavy atom. The van der Waals surface area contributed by atoms with E-state index >= 15 is 0 Å². The van der Waals surface area contributed by atoms with Crippen molar-refractivity contribution >= 4 is 11.6 Å². The second kappa shape index (κ2) is 13.4. The maximum absolute atomic E-state index is 7.09. The molecular formula is C43H28ClN5. The molecule has 0 N–H and O–H groups in total. The Bertz CT molecular complexity index is 2270. The number of aromatic nitrogens is 5. The summed E-state index contributed by atoms with van der Waals surface area (Å²) in [7, 11) is 0. The molecule has 5 nitrogen and oxygen atoms in total. The van der Waals surface area contributed by atoms with Gasteiger partial charge in [0.05, 0.1) is 16.4 Å². The molecule has 0 aliphatic rings. The molecule has 8 aromatic rings. The summed E-state index contributed by atoms with van der Waals surface area (Å²) in [6, 6.07) is 56.4. The Hall–Kier alpha value is -6.30. The van der Waals surface area contributed by atoms with E-state index in [1.165, 1.54) is 0 Å². The van der Waals surface area contributed by atoms with Crippen LogP contribution in [0.1, 0.15) is 0 Å². The first-order valence-electron chi connectivity index (χ1n) is 16.0. The molecule has 0 unspecified atom stereocenters. The summed E-state index contributed by atoms with van der Waals surface area (Å²) in [6.07, 6.45) is 0. The van der Waals surface area contributed by atoms with Crippen LogP contribution in [0, 0.1) is 0 Å². The van der Waals surface area contributed by atoms with Crippen LogP contribution in [0.3, 0.4) is 0 Å². The zero-order valence-electron chi connectivity index (χ0n) is 26.3. The molecule has 0 aliphatic heterocycles. The summed E-state index contributed by atoms with van der Waals surface area (Å²) in [5.41, 5.74) is 9.07. The van der Waals surface area contributed by atoms with Crippen molar-refractivity contribution in [2.75, 3.05) is 0 Å². The molecule has 0 saturated heterocycles. The molecule has 6 aromatic carbocycles. The van der Waals surface area contributed by atoms with Crippen molar-refractivity contribution < 1.29 is 0 Å². The normalized spacial score (nSPS) is 11.0. The van der Waals surface area contributed by atoms with Gasteiger partial charge in [-0.15, -0.1) is 0 Å². The van der Waals surface area contributed by atoms with E-state index in [9.17, 15) is 0 Å². The molecule has 2 heterocycles. The molecule has 0 spiro atoms. The van der Waals surface area contributed by atoms with E-state index in [0.29, 0.717) is 33.9 Å². The first-order chi connectivity index (χ1) is 24.2. The van der Waals surface area contributed by atoms with Gasteiger partial charge >= 0.3 is 0 Å². The molecule has 49 heavy (non-hydrogen) atoms. The molecule has 6 heteroatoms. The standard InChI is InChI=1S/C43H28ClN5/c44-37-27-33(25-26-36(37)43-48-40(31-19-9-3-10-20-31)47-41(49-43)32-21-11-4-12-22-32)34-23-13-14-24-35(34)42-45-38(29-15-5-1-6-16-29)28-39(46-42)30-17-7-2-8-18-30/h1-28H. The third-order valence-electron chi connectivity index (χ3n) is 8.25. The molecule has 8 rings (SSSR count). The zero-order chi connectivity index (χ0) is 33.0. The van der Waals surface area contributed by atoms with Gasteiger partial charge in [0.1, 0.15) is 0 Å². The van der Waals surface area contributed by atoms with Crippen molar-refractivity contribution in [1.82, 2.24) is 24.9 Å². The van der Waals surface area contributed by atoms with Crippen LogP contribution >= 0.6 is 11.6 Å². The molecular weight excluding hydrogens is 622 g/mol. The summed E-state index contributed by atoms with van der Waals surface area (Å²) in [5.74, 6) is 2.30. The third kappa shape index (κ3) is 6.35. The first kappa shape index (κ1) is 30.1. The van der Waals surface area contributed by atoms with Crippen LogP contribution in [0.5, 0.6) is 0 Å². The van der Waals surface area contributed by atoms with E-state index in [0.717, 1.165) is 50.3 Å². The van der Waals surface area contributed by atoms with E-state index in [-0.39, 0.29) is 0 Å².